The van der Waals surface area contributed by atoms with Crippen LogP contribution in [-0.4, -0.2) is 52.1 Å². The Labute approximate surface area is 227 Å². The highest BCUT2D eigenvalue weighted by molar-refractivity contribution is 6.38. The molecule has 3 aromatic rings. The van der Waals surface area contributed by atoms with E-state index in [2.05, 4.69) is 15.4 Å². The van der Waals surface area contributed by atoms with Crippen molar-refractivity contribution in [1.82, 2.24) is 10.0 Å². The van der Waals surface area contributed by atoms with Gasteiger partial charge in [-0.1, -0.05) is 89.1 Å². The predicted octanol–water partition coefficient (Wildman–Crippen LogP) is 4.66. The minimum absolute atomic E-state index is 0.157. The Morgan fingerprint density at radius 1 is 0.921 bits per heavy atom. The molecular formula is C27H20Cl2N6O3. The summed E-state index contributed by atoms with van der Waals surface area (Å²) in [4.78, 5) is 41.0. The van der Waals surface area contributed by atoms with Crippen molar-refractivity contribution < 1.29 is 14.4 Å². The van der Waals surface area contributed by atoms with E-state index in [0.29, 0.717) is 11.4 Å². The van der Waals surface area contributed by atoms with Crippen molar-refractivity contribution in [1.29, 1.82) is 0 Å². The smallest absolute Gasteiger partial charge is 0.264 e. The van der Waals surface area contributed by atoms with E-state index >= 15 is 0 Å². The number of hydrogen-bond acceptors (Lipinski definition) is 7. The fourth-order valence-electron chi connectivity index (χ4n) is 4.95. The largest absolute Gasteiger partial charge is 0.271 e. The number of carbonyl (C=O) groups excluding carboxylic acids is 3. The molecule has 1 fully saturated rings. The van der Waals surface area contributed by atoms with Crippen LogP contribution < -0.4 is 4.90 Å². The molecule has 0 aromatic heterocycles. The van der Waals surface area contributed by atoms with Gasteiger partial charge in [0.1, 0.15) is 6.54 Å². The molecule has 0 unspecified atom stereocenters. The van der Waals surface area contributed by atoms with E-state index in [1.54, 1.807) is 6.07 Å². The highest BCUT2D eigenvalue weighted by atomic mass is 35.5. The Morgan fingerprint density at radius 2 is 1.63 bits per heavy atom. The Hall–Kier alpha value is -4.08. The second-order valence-corrected chi connectivity index (χ2v) is 9.93. The number of imide groups is 1. The SMILES string of the molecule is O=C1[C@H]2N=NN(CC(=O)N3N=C(c4ccccc4)C[C@@H]3c3ccccc3)[C@H]2C(=O)N1c1ccc(Cl)cc1Cl. The van der Waals surface area contributed by atoms with E-state index in [9.17, 15) is 14.4 Å². The number of nitrogens with zero attached hydrogens (tertiary/aromatic N) is 6. The molecule has 0 radical (unpaired) electrons. The summed E-state index contributed by atoms with van der Waals surface area (Å²) >= 11 is 12.2. The van der Waals surface area contributed by atoms with E-state index in [0.717, 1.165) is 21.7 Å². The van der Waals surface area contributed by atoms with Gasteiger partial charge in [-0.15, -0.1) is 0 Å². The monoisotopic (exact) mass is 546 g/mol. The molecule has 3 amide bonds. The van der Waals surface area contributed by atoms with Gasteiger partial charge in [0.25, 0.3) is 17.7 Å². The molecule has 0 spiro atoms. The van der Waals surface area contributed by atoms with Crippen LogP contribution in [-0.2, 0) is 14.4 Å². The fraction of sp³-hybridized carbons (Fsp3) is 0.185. The van der Waals surface area contributed by atoms with Crippen LogP contribution in [0.2, 0.25) is 10.0 Å². The number of halogens is 2. The minimum atomic E-state index is -1.06. The number of hydrogen-bond donors (Lipinski definition) is 0. The Balaban J connectivity index is 1.26. The summed E-state index contributed by atoms with van der Waals surface area (Å²) in [5.41, 5.74) is 2.86. The van der Waals surface area contributed by atoms with E-state index < -0.39 is 23.9 Å². The highest BCUT2D eigenvalue weighted by Crippen LogP contribution is 2.37. The van der Waals surface area contributed by atoms with Crippen LogP contribution >= 0.6 is 23.2 Å². The number of benzene rings is 3. The van der Waals surface area contributed by atoms with Crippen LogP contribution in [0, 0.1) is 0 Å². The zero-order valence-corrected chi connectivity index (χ0v) is 21.3. The van der Waals surface area contributed by atoms with Crippen LogP contribution in [0.4, 0.5) is 5.69 Å². The molecule has 1 saturated heterocycles. The van der Waals surface area contributed by atoms with Gasteiger partial charge in [0.05, 0.1) is 22.5 Å². The Morgan fingerprint density at radius 3 is 2.34 bits per heavy atom. The summed E-state index contributed by atoms with van der Waals surface area (Å²) < 4.78 is 0. The quantitative estimate of drug-likeness (QED) is 0.434. The molecule has 3 atom stereocenters. The maximum Gasteiger partial charge on any atom is 0.264 e. The third-order valence-electron chi connectivity index (χ3n) is 6.76. The zero-order valence-electron chi connectivity index (χ0n) is 19.8. The third-order valence-corrected chi connectivity index (χ3v) is 7.30. The lowest BCUT2D eigenvalue weighted by atomic mass is 9.98. The van der Waals surface area contributed by atoms with E-state index in [4.69, 9.17) is 23.2 Å². The van der Waals surface area contributed by atoms with Gasteiger partial charge >= 0.3 is 0 Å². The standard InChI is InChI=1S/C27H20Cl2N6O3/c28-18-11-12-21(19(29)13-18)34-26(37)24-25(27(34)38)33(32-30-24)15-23(36)35-22(17-9-5-2-6-10-17)14-20(31-35)16-7-3-1-4-8-16/h1-13,22,24-25H,14-15H2/t22-,24+,25-/m1/s1. The zero-order chi connectivity index (χ0) is 26.4. The average molecular weight is 547 g/mol. The summed E-state index contributed by atoms with van der Waals surface area (Å²) in [6, 6.07) is 21.4. The lowest BCUT2D eigenvalue weighted by Crippen LogP contribution is -2.44. The predicted molar refractivity (Wildman–Crippen MR) is 142 cm³/mol. The van der Waals surface area contributed by atoms with Gasteiger partial charge in [-0.25, -0.2) is 9.91 Å². The summed E-state index contributed by atoms with van der Waals surface area (Å²) in [6.07, 6.45) is 0.535. The van der Waals surface area contributed by atoms with Crippen molar-refractivity contribution in [3.63, 3.8) is 0 Å². The van der Waals surface area contributed by atoms with Crippen molar-refractivity contribution in [3.8, 4) is 0 Å². The minimum Gasteiger partial charge on any atom is -0.271 e. The van der Waals surface area contributed by atoms with Crippen LogP contribution in [0.15, 0.2) is 94.3 Å². The number of fused-ring (bicyclic) bond motifs is 1. The first-order valence-electron chi connectivity index (χ1n) is 11.9. The molecule has 11 heteroatoms. The molecule has 38 heavy (non-hydrogen) atoms. The summed E-state index contributed by atoms with van der Waals surface area (Å²) in [6.45, 7) is -0.277. The molecular weight excluding hydrogens is 527 g/mol. The molecule has 0 bridgehead atoms. The summed E-state index contributed by atoms with van der Waals surface area (Å²) in [5.74, 6) is -1.49. The van der Waals surface area contributed by atoms with Crippen LogP contribution in [0.1, 0.15) is 23.6 Å². The second-order valence-electron chi connectivity index (χ2n) is 9.08. The van der Waals surface area contributed by atoms with Gasteiger partial charge in [0.2, 0.25) is 0 Å². The maximum atomic E-state index is 13.6. The lowest BCUT2D eigenvalue weighted by molar-refractivity contribution is -0.135. The molecule has 3 aromatic carbocycles. The van der Waals surface area contributed by atoms with Gasteiger partial charge in [-0.2, -0.15) is 10.2 Å². The van der Waals surface area contributed by atoms with Crippen molar-refractivity contribution in [2.24, 2.45) is 15.4 Å². The number of amides is 3. The van der Waals surface area contributed by atoms with Crippen molar-refractivity contribution in [3.05, 3.63) is 100 Å². The first kappa shape index (κ1) is 24.3. The molecule has 3 aliphatic heterocycles. The Kier molecular flexibility index (Phi) is 6.17. The van der Waals surface area contributed by atoms with E-state index in [1.807, 2.05) is 60.7 Å². The molecule has 0 N–H and O–H groups in total. The van der Waals surface area contributed by atoms with Gasteiger partial charge in [0, 0.05) is 11.4 Å². The van der Waals surface area contributed by atoms with E-state index in [-0.39, 0.29) is 29.2 Å². The maximum absolute atomic E-state index is 13.6. The molecule has 190 valence electrons. The van der Waals surface area contributed by atoms with Crippen LogP contribution in [0.25, 0.3) is 0 Å². The van der Waals surface area contributed by atoms with Crippen LogP contribution in [0.5, 0.6) is 0 Å². The number of anilines is 1. The highest BCUT2D eigenvalue weighted by Gasteiger charge is 2.55. The average Bonchev–Trinajstić information content (AvgIpc) is 3.61. The summed E-state index contributed by atoms with van der Waals surface area (Å²) in [7, 11) is 0. The molecule has 3 heterocycles. The van der Waals surface area contributed by atoms with Crippen molar-refractivity contribution in [2.75, 3.05) is 11.4 Å². The van der Waals surface area contributed by atoms with E-state index in [1.165, 1.54) is 22.2 Å². The van der Waals surface area contributed by atoms with Gasteiger partial charge < -0.3 is 0 Å². The van der Waals surface area contributed by atoms with Crippen LogP contribution in [0.3, 0.4) is 0 Å². The second kappa shape index (κ2) is 9.66. The van der Waals surface area contributed by atoms with Crippen molar-refractivity contribution in [2.45, 2.75) is 24.5 Å². The molecule has 0 saturated carbocycles. The van der Waals surface area contributed by atoms with Crippen molar-refractivity contribution >= 4 is 52.3 Å². The number of hydrazone groups is 1. The Bertz CT molecular complexity index is 1500. The third kappa shape index (κ3) is 4.13. The molecule has 3 aliphatic rings. The normalized spacial score (nSPS) is 22.3. The number of rotatable bonds is 5. The first-order chi connectivity index (χ1) is 18.4. The molecule has 9 nitrogen and oxygen atoms in total. The van der Waals surface area contributed by atoms with Gasteiger partial charge in [-0.05, 0) is 29.3 Å². The fourth-order valence-corrected chi connectivity index (χ4v) is 5.44. The first-order valence-corrected chi connectivity index (χ1v) is 12.7. The van der Waals surface area contributed by atoms with Gasteiger partial charge in [0.15, 0.2) is 12.1 Å². The van der Waals surface area contributed by atoms with Gasteiger partial charge in [-0.3, -0.25) is 19.4 Å². The topological polar surface area (TPSA) is 98.0 Å². The summed E-state index contributed by atoms with van der Waals surface area (Å²) in [5, 5.41) is 15.9. The number of carbonyl (C=O) groups is 3. The molecule has 6 rings (SSSR count). The lowest BCUT2D eigenvalue weighted by Gasteiger charge is -2.25. The molecule has 0 aliphatic carbocycles.